The number of methoxy groups -OCH3 is 1. The van der Waals surface area contributed by atoms with Gasteiger partial charge in [-0.15, -0.1) is 11.3 Å². The van der Waals surface area contributed by atoms with Gasteiger partial charge in [-0.1, -0.05) is 0 Å². The fourth-order valence-corrected chi connectivity index (χ4v) is 2.38. The molecule has 0 fully saturated rings. The number of benzene rings is 1. The molecule has 0 bridgehead atoms. The highest BCUT2D eigenvalue weighted by atomic mass is 32.1. The number of esters is 1. The molecule has 0 N–H and O–H groups in total. The van der Waals surface area contributed by atoms with E-state index in [1.807, 2.05) is 0 Å². The van der Waals surface area contributed by atoms with Crippen molar-refractivity contribution < 1.29 is 14.5 Å². The van der Waals surface area contributed by atoms with E-state index in [-0.39, 0.29) is 11.3 Å². The van der Waals surface area contributed by atoms with Gasteiger partial charge in [-0.05, 0) is 13.0 Å². The normalized spacial score (nSPS) is 10.5. The van der Waals surface area contributed by atoms with Crippen molar-refractivity contribution >= 4 is 33.2 Å². The van der Waals surface area contributed by atoms with Gasteiger partial charge in [-0.2, -0.15) is 0 Å². The van der Waals surface area contributed by atoms with Crippen LogP contribution in [0.15, 0.2) is 12.1 Å². The Bertz CT molecular complexity index is 620. The SMILES string of the molecule is COC(=O)c1cc([N+](=O)[O-])c2sc(C)nc2c1. The molecule has 6 nitrogen and oxygen atoms in total. The highest BCUT2D eigenvalue weighted by Gasteiger charge is 2.20. The largest absolute Gasteiger partial charge is 0.465 e. The number of non-ortho nitro benzene ring substituents is 1. The molecule has 2 rings (SSSR count). The topological polar surface area (TPSA) is 82.3 Å². The molecule has 0 aliphatic heterocycles. The number of nitro groups is 1. The Balaban J connectivity index is 2.75. The molecule has 0 radical (unpaired) electrons. The van der Waals surface area contributed by atoms with E-state index in [9.17, 15) is 14.9 Å². The third-order valence-electron chi connectivity index (χ3n) is 2.20. The van der Waals surface area contributed by atoms with Gasteiger partial charge in [0.05, 0.1) is 28.1 Å². The van der Waals surface area contributed by atoms with Crippen molar-refractivity contribution in [1.82, 2.24) is 4.98 Å². The summed E-state index contributed by atoms with van der Waals surface area (Å²) in [5.74, 6) is -0.611. The Morgan fingerprint density at radius 2 is 2.24 bits per heavy atom. The van der Waals surface area contributed by atoms with Crippen LogP contribution in [0.25, 0.3) is 10.2 Å². The smallest absolute Gasteiger partial charge is 0.338 e. The number of thiazole rings is 1. The van der Waals surface area contributed by atoms with Gasteiger partial charge in [0, 0.05) is 6.07 Å². The first-order valence-electron chi connectivity index (χ1n) is 4.67. The Morgan fingerprint density at radius 1 is 1.53 bits per heavy atom. The van der Waals surface area contributed by atoms with Crippen LogP contribution in [0.1, 0.15) is 15.4 Å². The van der Waals surface area contributed by atoms with Crippen molar-refractivity contribution in [1.29, 1.82) is 0 Å². The number of aryl methyl sites for hydroxylation is 1. The summed E-state index contributed by atoms with van der Waals surface area (Å²) < 4.78 is 5.01. The van der Waals surface area contributed by atoms with Gasteiger partial charge in [0.25, 0.3) is 5.69 Å². The third kappa shape index (κ3) is 1.96. The molecule has 2 aromatic rings. The lowest BCUT2D eigenvalue weighted by atomic mass is 10.2. The second-order valence-corrected chi connectivity index (χ2v) is 4.53. The van der Waals surface area contributed by atoms with Gasteiger partial charge in [-0.3, -0.25) is 10.1 Å². The van der Waals surface area contributed by atoms with E-state index in [1.165, 1.54) is 30.6 Å². The molecule has 1 aromatic heterocycles. The molecule has 1 aromatic carbocycles. The highest BCUT2D eigenvalue weighted by Crippen LogP contribution is 2.32. The molecule has 0 atom stereocenters. The van der Waals surface area contributed by atoms with Crippen LogP contribution in [0, 0.1) is 17.0 Å². The number of ether oxygens (including phenoxy) is 1. The quantitative estimate of drug-likeness (QED) is 0.465. The van der Waals surface area contributed by atoms with Crippen LogP contribution in [0.3, 0.4) is 0 Å². The summed E-state index contributed by atoms with van der Waals surface area (Å²) in [6, 6.07) is 2.71. The summed E-state index contributed by atoms with van der Waals surface area (Å²) >= 11 is 1.23. The molecule has 88 valence electrons. The van der Waals surface area contributed by atoms with Gasteiger partial charge in [0.1, 0.15) is 4.70 Å². The fourth-order valence-electron chi connectivity index (χ4n) is 1.50. The predicted molar refractivity (Wildman–Crippen MR) is 62.4 cm³/mol. The lowest BCUT2D eigenvalue weighted by Crippen LogP contribution is -2.02. The van der Waals surface area contributed by atoms with Gasteiger partial charge >= 0.3 is 5.97 Å². The average molecular weight is 252 g/mol. The van der Waals surface area contributed by atoms with E-state index in [1.54, 1.807) is 6.92 Å². The number of rotatable bonds is 2. The van der Waals surface area contributed by atoms with Crippen LogP contribution < -0.4 is 0 Å². The molecule has 0 amide bonds. The Kier molecular flexibility index (Phi) is 2.76. The van der Waals surface area contributed by atoms with E-state index in [2.05, 4.69) is 9.72 Å². The van der Waals surface area contributed by atoms with E-state index < -0.39 is 10.9 Å². The average Bonchev–Trinajstić information content (AvgIpc) is 2.66. The molecule has 1 heterocycles. The minimum atomic E-state index is -0.611. The van der Waals surface area contributed by atoms with Crippen LogP contribution in [-0.4, -0.2) is 23.0 Å². The van der Waals surface area contributed by atoms with Crippen molar-refractivity contribution in [3.8, 4) is 0 Å². The van der Waals surface area contributed by atoms with Crippen molar-refractivity contribution in [2.45, 2.75) is 6.92 Å². The monoisotopic (exact) mass is 252 g/mol. The zero-order chi connectivity index (χ0) is 12.6. The maximum absolute atomic E-state index is 11.4. The number of carbonyl (C=O) groups is 1. The molecule has 0 aliphatic rings. The first-order valence-corrected chi connectivity index (χ1v) is 5.48. The summed E-state index contributed by atoms with van der Waals surface area (Å²) in [6.07, 6.45) is 0. The number of nitro benzene ring substituents is 1. The zero-order valence-corrected chi connectivity index (χ0v) is 9.91. The van der Waals surface area contributed by atoms with Crippen molar-refractivity contribution in [3.63, 3.8) is 0 Å². The Labute approximate surface area is 100.0 Å². The lowest BCUT2D eigenvalue weighted by molar-refractivity contribution is -0.382. The summed E-state index contributed by atoms with van der Waals surface area (Å²) in [5, 5.41) is 11.6. The summed E-state index contributed by atoms with van der Waals surface area (Å²) in [4.78, 5) is 25.9. The van der Waals surface area contributed by atoms with Crippen LogP contribution in [-0.2, 0) is 4.74 Å². The zero-order valence-electron chi connectivity index (χ0n) is 9.09. The number of nitrogens with zero attached hydrogens (tertiary/aromatic N) is 2. The minimum absolute atomic E-state index is 0.117. The Hall–Kier alpha value is -2.02. The van der Waals surface area contributed by atoms with Crippen LogP contribution in [0.5, 0.6) is 0 Å². The molecule has 0 aliphatic carbocycles. The maximum Gasteiger partial charge on any atom is 0.338 e. The molecule has 0 saturated carbocycles. The van der Waals surface area contributed by atoms with Crippen LogP contribution in [0.4, 0.5) is 5.69 Å². The van der Waals surface area contributed by atoms with Gasteiger partial charge < -0.3 is 4.74 Å². The lowest BCUT2D eigenvalue weighted by Gasteiger charge is -1.99. The molecule has 7 heteroatoms. The van der Waals surface area contributed by atoms with Crippen molar-refractivity contribution in [2.24, 2.45) is 0 Å². The third-order valence-corrected chi connectivity index (χ3v) is 3.20. The van der Waals surface area contributed by atoms with Crippen molar-refractivity contribution in [2.75, 3.05) is 7.11 Å². The first kappa shape index (κ1) is 11.5. The molecule has 17 heavy (non-hydrogen) atoms. The number of aromatic nitrogens is 1. The standard InChI is InChI=1S/C10H8N2O4S/c1-5-11-7-3-6(10(13)16-2)4-8(12(14)15)9(7)17-5/h3-4H,1-2H3. The first-order chi connectivity index (χ1) is 8.02. The summed E-state index contributed by atoms with van der Waals surface area (Å²) in [7, 11) is 1.23. The summed E-state index contributed by atoms with van der Waals surface area (Å²) in [5.41, 5.74) is 0.465. The second kappa shape index (κ2) is 4.10. The maximum atomic E-state index is 11.4. The van der Waals surface area contributed by atoms with Crippen LogP contribution >= 0.6 is 11.3 Å². The van der Waals surface area contributed by atoms with E-state index in [4.69, 9.17) is 0 Å². The number of carbonyl (C=O) groups excluding carboxylic acids is 1. The van der Waals surface area contributed by atoms with E-state index in [0.29, 0.717) is 15.2 Å². The predicted octanol–water partition coefficient (Wildman–Crippen LogP) is 2.30. The number of hydrogen-bond donors (Lipinski definition) is 0. The van der Waals surface area contributed by atoms with Crippen molar-refractivity contribution in [3.05, 3.63) is 32.8 Å². The fraction of sp³-hybridized carbons (Fsp3) is 0.200. The molecule has 0 spiro atoms. The Morgan fingerprint density at radius 3 is 2.82 bits per heavy atom. The molecule has 0 saturated heterocycles. The molecular formula is C10H8N2O4S. The van der Waals surface area contributed by atoms with Crippen LogP contribution in [0.2, 0.25) is 0 Å². The van der Waals surface area contributed by atoms with Gasteiger partial charge in [0.2, 0.25) is 0 Å². The molecule has 0 unspecified atom stereocenters. The second-order valence-electron chi connectivity index (χ2n) is 3.33. The molecular weight excluding hydrogens is 244 g/mol. The van der Waals surface area contributed by atoms with Gasteiger partial charge in [-0.25, -0.2) is 9.78 Å². The van der Waals surface area contributed by atoms with Gasteiger partial charge in [0.15, 0.2) is 0 Å². The number of fused-ring (bicyclic) bond motifs is 1. The highest BCUT2D eigenvalue weighted by molar-refractivity contribution is 7.19. The summed E-state index contributed by atoms with van der Waals surface area (Å²) in [6.45, 7) is 1.76. The minimum Gasteiger partial charge on any atom is -0.465 e. The number of hydrogen-bond acceptors (Lipinski definition) is 6. The van der Waals surface area contributed by atoms with E-state index in [0.717, 1.165) is 0 Å². The van der Waals surface area contributed by atoms with E-state index >= 15 is 0 Å².